The maximum absolute atomic E-state index is 5.96. The summed E-state index contributed by atoms with van der Waals surface area (Å²) in [6.07, 6.45) is 9.58. The number of rotatable bonds is 5. The molecule has 0 radical (unpaired) electrons. The molecular weight excluding hydrogens is 248 g/mol. The van der Waals surface area contributed by atoms with Crippen LogP contribution >= 0.6 is 0 Å². The Hall–Kier alpha value is -0.800. The molecule has 20 heavy (non-hydrogen) atoms. The predicted molar refractivity (Wildman–Crippen MR) is 81.7 cm³/mol. The third-order valence-electron chi connectivity index (χ3n) is 4.56. The molecule has 2 fully saturated rings. The van der Waals surface area contributed by atoms with Crippen LogP contribution in [0.2, 0.25) is 0 Å². The lowest BCUT2D eigenvalue weighted by atomic mass is 10.1. The zero-order chi connectivity index (χ0) is 13.8. The lowest BCUT2D eigenvalue weighted by Crippen LogP contribution is -2.26. The van der Waals surface area contributed by atoms with Gasteiger partial charge in [-0.15, -0.1) is 0 Å². The molecule has 3 rings (SSSR count). The van der Waals surface area contributed by atoms with Crippen LogP contribution in [0.1, 0.15) is 62.0 Å². The van der Waals surface area contributed by atoms with E-state index in [0.717, 1.165) is 30.7 Å². The van der Waals surface area contributed by atoms with Gasteiger partial charge in [-0.25, -0.2) is 0 Å². The second-order valence-corrected chi connectivity index (χ2v) is 6.49. The molecule has 0 aromatic carbocycles. The summed E-state index contributed by atoms with van der Waals surface area (Å²) < 4.78 is 5.96. The van der Waals surface area contributed by atoms with Gasteiger partial charge in [0.25, 0.3) is 0 Å². The summed E-state index contributed by atoms with van der Waals surface area (Å²) in [7, 11) is 0. The molecule has 1 N–H and O–H groups in total. The summed E-state index contributed by atoms with van der Waals surface area (Å²) in [6.45, 7) is 6.52. The minimum absolute atomic E-state index is 0.766. The van der Waals surface area contributed by atoms with Crippen LogP contribution in [0.15, 0.2) is 10.5 Å². The predicted octanol–water partition coefficient (Wildman–Crippen LogP) is 3.61. The average molecular weight is 276 g/mol. The maximum Gasteiger partial charge on any atom is 0.118 e. The van der Waals surface area contributed by atoms with Crippen LogP contribution in [-0.2, 0) is 13.1 Å². The van der Waals surface area contributed by atoms with E-state index in [1.165, 1.54) is 63.6 Å². The Balaban J connectivity index is 1.53. The Morgan fingerprint density at radius 1 is 1.15 bits per heavy atom. The summed E-state index contributed by atoms with van der Waals surface area (Å²) in [5, 5.41) is 3.58. The molecule has 0 spiro atoms. The van der Waals surface area contributed by atoms with Crippen molar-refractivity contribution >= 4 is 0 Å². The first kappa shape index (κ1) is 14.2. The highest BCUT2D eigenvalue weighted by Crippen LogP contribution is 2.22. The fourth-order valence-electron chi connectivity index (χ4n) is 3.07. The van der Waals surface area contributed by atoms with Gasteiger partial charge in [0, 0.05) is 18.2 Å². The number of furan rings is 1. The van der Waals surface area contributed by atoms with Gasteiger partial charge < -0.3 is 9.73 Å². The minimum Gasteiger partial charge on any atom is -0.465 e. The molecule has 1 aromatic rings. The molecule has 2 heterocycles. The molecule has 2 aliphatic rings. The fourth-order valence-corrected chi connectivity index (χ4v) is 3.07. The maximum atomic E-state index is 5.96. The standard InChI is InChI=1S/C17H28N2O/c1-14-15(12-18-16-7-8-16)11-17(20-14)13-19-9-5-3-2-4-6-10-19/h11,16,18H,2-10,12-13H2,1H3. The molecule has 0 bridgehead atoms. The van der Waals surface area contributed by atoms with Gasteiger partial charge in [-0.2, -0.15) is 0 Å². The SMILES string of the molecule is Cc1oc(CN2CCCCCCC2)cc1CNC1CC1. The molecule has 112 valence electrons. The van der Waals surface area contributed by atoms with Gasteiger partial charge in [0.05, 0.1) is 6.54 Å². The van der Waals surface area contributed by atoms with E-state index in [9.17, 15) is 0 Å². The average Bonchev–Trinajstić information content (AvgIpc) is 3.15. The van der Waals surface area contributed by atoms with Crippen molar-refractivity contribution in [1.82, 2.24) is 10.2 Å². The van der Waals surface area contributed by atoms with E-state index in [2.05, 4.69) is 23.2 Å². The van der Waals surface area contributed by atoms with Crippen molar-refractivity contribution in [2.45, 2.75) is 71.0 Å². The van der Waals surface area contributed by atoms with Crippen LogP contribution in [0, 0.1) is 6.92 Å². The molecule has 3 nitrogen and oxygen atoms in total. The second-order valence-electron chi connectivity index (χ2n) is 6.49. The highest BCUT2D eigenvalue weighted by molar-refractivity contribution is 5.21. The monoisotopic (exact) mass is 276 g/mol. The summed E-state index contributed by atoms with van der Waals surface area (Å²) in [5.41, 5.74) is 1.35. The van der Waals surface area contributed by atoms with Crippen molar-refractivity contribution < 1.29 is 4.42 Å². The first-order valence-corrected chi connectivity index (χ1v) is 8.35. The quantitative estimate of drug-likeness (QED) is 0.890. The van der Waals surface area contributed by atoms with Gasteiger partial charge in [0.1, 0.15) is 11.5 Å². The summed E-state index contributed by atoms with van der Waals surface area (Å²) in [6, 6.07) is 3.03. The molecule has 1 saturated heterocycles. The number of nitrogens with one attached hydrogen (secondary N) is 1. The Labute approximate surface area is 122 Å². The van der Waals surface area contributed by atoms with E-state index in [-0.39, 0.29) is 0 Å². The highest BCUT2D eigenvalue weighted by atomic mass is 16.3. The van der Waals surface area contributed by atoms with Gasteiger partial charge in [0.2, 0.25) is 0 Å². The van der Waals surface area contributed by atoms with E-state index in [1.807, 2.05) is 0 Å². The van der Waals surface area contributed by atoms with Crippen LogP contribution in [-0.4, -0.2) is 24.0 Å². The number of hydrogen-bond acceptors (Lipinski definition) is 3. The van der Waals surface area contributed by atoms with Gasteiger partial charge >= 0.3 is 0 Å². The lowest BCUT2D eigenvalue weighted by Gasteiger charge is -2.23. The van der Waals surface area contributed by atoms with Crippen molar-refractivity contribution in [2.24, 2.45) is 0 Å². The Morgan fingerprint density at radius 2 is 1.85 bits per heavy atom. The highest BCUT2D eigenvalue weighted by Gasteiger charge is 2.21. The van der Waals surface area contributed by atoms with Crippen LogP contribution in [0.5, 0.6) is 0 Å². The fraction of sp³-hybridized carbons (Fsp3) is 0.765. The number of aryl methyl sites for hydroxylation is 1. The molecule has 0 amide bonds. The normalized spacial score (nSPS) is 21.6. The van der Waals surface area contributed by atoms with E-state index < -0.39 is 0 Å². The van der Waals surface area contributed by atoms with E-state index in [1.54, 1.807) is 0 Å². The van der Waals surface area contributed by atoms with Crippen LogP contribution < -0.4 is 5.32 Å². The van der Waals surface area contributed by atoms with Gasteiger partial charge in [-0.05, 0) is 51.8 Å². The van der Waals surface area contributed by atoms with Crippen molar-refractivity contribution in [1.29, 1.82) is 0 Å². The number of nitrogens with zero attached hydrogens (tertiary/aromatic N) is 1. The second kappa shape index (κ2) is 6.77. The Bertz CT molecular complexity index is 415. The Kier molecular flexibility index (Phi) is 4.79. The molecule has 0 unspecified atom stereocenters. The molecule has 3 heteroatoms. The first-order chi connectivity index (χ1) is 9.81. The first-order valence-electron chi connectivity index (χ1n) is 8.35. The van der Waals surface area contributed by atoms with E-state index >= 15 is 0 Å². The number of hydrogen-bond donors (Lipinski definition) is 1. The van der Waals surface area contributed by atoms with Crippen molar-refractivity contribution in [3.05, 3.63) is 23.2 Å². The van der Waals surface area contributed by atoms with Crippen LogP contribution in [0.4, 0.5) is 0 Å². The van der Waals surface area contributed by atoms with E-state index in [0.29, 0.717) is 0 Å². The third-order valence-corrected chi connectivity index (χ3v) is 4.56. The van der Waals surface area contributed by atoms with Gasteiger partial charge in [-0.3, -0.25) is 4.90 Å². The minimum atomic E-state index is 0.766. The van der Waals surface area contributed by atoms with Crippen LogP contribution in [0.3, 0.4) is 0 Å². The van der Waals surface area contributed by atoms with Crippen molar-refractivity contribution in [3.8, 4) is 0 Å². The van der Waals surface area contributed by atoms with E-state index in [4.69, 9.17) is 4.42 Å². The lowest BCUT2D eigenvalue weighted by molar-refractivity contribution is 0.221. The van der Waals surface area contributed by atoms with Gasteiger partial charge in [-0.1, -0.05) is 19.3 Å². The zero-order valence-corrected chi connectivity index (χ0v) is 12.8. The third kappa shape index (κ3) is 4.10. The molecule has 1 aliphatic carbocycles. The van der Waals surface area contributed by atoms with Crippen LogP contribution in [0.25, 0.3) is 0 Å². The Morgan fingerprint density at radius 3 is 2.55 bits per heavy atom. The van der Waals surface area contributed by atoms with Crippen molar-refractivity contribution in [2.75, 3.05) is 13.1 Å². The summed E-state index contributed by atoms with van der Waals surface area (Å²) >= 11 is 0. The number of likely N-dealkylation sites (tertiary alicyclic amines) is 1. The topological polar surface area (TPSA) is 28.4 Å². The smallest absolute Gasteiger partial charge is 0.118 e. The molecule has 1 aromatic heterocycles. The zero-order valence-electron chi connectivity index (χ0n) is 12.8. The summed E-state index contributed by atoms with van der Waals surface area (Å²) in [5.74, 6) is 2.25. The largest absolute Gasteiger partial charge is 0.465 e. The van der Waals surface area contributed by atoms with Crippen molar-refractivity contribution in [3.63, 3.8) is 0 Å². The molecule has 0 atom stereocenters. The van der Waals surface area contributed by atoms with Gasteiger partial charge in [0.15, 0.2) is 0 Å². The molecule has 1 aliphatic heterocycles. The molecular formula is C17H28N2O. The summed E-state index contributed by atoms with van der Waals surface area (Å²) in [4.78, 5) is 2.57. The molecule has 1 saturated carbocycles.